The highest BCUT2D eigenvalue weighted by molar-refractivity contribution is 6.30. The van der Waals surface area contributed by atoms with E-state index in [0.717, 1.165) is 55.2 Å². The Bertz CT molecular complexity index is 1180. The van der Waals surface area contributed by atoms with E-state index in [1.54, 1.807) is 18.3 Å². The SMILES string of the molecule is O=C(C1CCCCN1)N1CC=C(c2ccc3cnn(Cc4ccc(Cl)cc4F)c3c2)CC1. The quantitative estimate of drug-likeness (QED) is 0.627. The van der Waals surface area contributed by atoms with E-state index in [-0.39, 0.29) is 17.8 Å². The molecule has 5 nitrogen and oxygen atoms in total. The second kappa shape index (κ2) is 9.04. The number of benzene rings is 2. The van der Waals surface area contributed by atoms with Crippen LogP contribution in [0.25, 0.3) is 16.5 Å². The van der Waals surface area contributed by atoms with Crippen LogP contribution >= 0.6 is 11.6 Å². The number of hydrogen-bond acceptors (Lipinski definition) is 3. The summed E-state index contributed by atoms with van der Waals surface area (Å²) >= 11 is 5.88. The highest BCUT2D eigenvalue weighted by atomic mass is 35.5. The van der Waals surface area contributed by atoms with Gasteiger partial charge in [0, 0.05) is 29.1 Å². The molecular formula is C25H26ClFN4O. The molecule has 0 aliphatic carbocycles. The molecule has 1 fully saturated rings. The van der Waals surface area contributed by atoms with Gasteiger partial charge in [-0.15, -0.1) is 0 Å². The molecule has 2 aliphatic heterocycles. The van der Waals surface area contributed by atoms with Crippen LogP contribution in [0, 0.1) is 5.82 Å². The Hall–Kier alpha value is -2.70. The zero-order valence-corrected chi connectivity index (χ0v) is 18.6. The van der Waals surface area contributed by atoms with E-state index in [2.05, 4.69) is 34.7 Å². The van der Waals surface area contributed by atoms with Gasteiger partial charge in [0.15, 0.2) is 0 Å². The van der Waals surface area contributed by atoms with Gasteiger partial charge in [-0.1, -0.05) is 42.3 Å². The number of carbonyl (C=O) groups is 1. The molecule has 1 unspecified atom stereocenters. The zero-order chi connectivity index (χ0) is 22.1. The number of rotatable bonds is 4. The normalized spacial score (nSPS) is 19.2. The third-order valence-electron chi connectivity index (χ3n) is 6.48. The lowest BCUT2D eigenvalue weighted by molar-refractivity contribution is -0.133. The van der Waals surface area contributed by atoms with Crippen LogP contribution in [0.1, 0.15) is 36.8 Å². The molecule has 2 aliphatic rings. The van der Waals surface area contributed by atoms with E-state index in [1.807, 2.05) is 9.58 Å². The molecule has 0 saturated carbocycles. The standard InChI is InChI=1S/C25H26ClFN4O/c26-21-7-6-20(22(27)14-21)16-31-24-13-18(4-5-19(24)15-29-31)17-8-11-30(12-9-17)25(32)23-3-1-2-10-28-23/h4-8,13-15,23,28H,1-3,9-12,16H2. The van der Waals surface area contributed by atoms with Crippen molar-refractivity contribution < 1.29 is 9.18 Å². The van der Waals surface area contributed by atoms with Crippen molar-refractivity contribution in [3.63, 3.8) is 0 Å². The average Bonchev–Trinajstić information content (AvgIpc) is 3.23. The minimum atomic E-state index is -0.329. The van der Waals surface area contributed by atoms with Gasteiger partial charge >= 0.3 is 0 Å². The van der Waals surface area contributed by atoms with Crippen molar-refractivity contribution in [1.82, 2.24) is 20.0 Å². The Labute approximate surface area is 191 Å². The maximum Gasteiger partial charge on any atom is 0.239 e. The lowest BCUT2D eigenvalue weighted by Gasteiger charge is -2.32. The topological polar surface area (TPSA) is 50.2 Å². The fourth-order valence-electron chi connectivity index (χ4n) is 4.62. The van der Waals surface area contributed by atoms with Crippen LogP contribution in [0.5, 0.6) is 0 Å². The molecular weight excluding hydrogens is 427 g/mol. The first-order chi connectivity index (χ1) is 15.6. The maximum atomic E-state index is 14.3. The molecule has 1 amide bonds. The van der Waals surface area contributed by atoms with Gasteiger partial charge in [-0.25, -0.2) is 4.39 Å². The number of aromatic nitrogens is 2. The molecule has 166 valence electrons. The number of nitrogens with one attached hydrogen (secondary N) is 1. The first-order valence-corrected chi connectivity index (χ1v) is 11.6. The molecule has 3 aromatic rings. The Balaban J connectivity index is 1.34. The molecule has 0 spiro atoms. The van der Waals surface area contributed by atoms with Crippen LogP contribution in [0.4, 0.5) is 4.39 Å². The van der Waals surface area contributed by atoms with Crippen LogP contribution in [-0.4, -0.2) is 46.3 Å². The monoisotopic (exact) mass is 452 g/mol. The Morgan fingerprint density at radius 2 is 2.12 bits per heavy atom. The lowest BCUT2D eigenvalue weighted by Crippen LogP contribution is -2.49. The van der Waals surface area contributed by atoms with E-state index in [9.17, 15) is 9.18 Å². The predicted molar refractivity (Wildman–Crippen MR) is 125 cm³/mol. The van der Waals surface area contributed by atoms with E-state index in [0.29, 0.717) is 23.7 Å². The summed E-state index contributed by atoms with van der Waals surface area (Å²) in [6.45, 7) is 2.64. The van der Waals surface area contributed by atoms with Gasteiger partial charge < -0.3 is 10.2 Å². The second-order valence-corrected chi connectivity index (χ2v) is 9.01. The molecule has 1 atom stereocenters. The fourth-order valence-corrected chi connectivity index (χ4v) is 4.78. The van der Waals surface area contributed by atoms with Crippen molar-refractivity contribution >= 4 is 34.0 Å². The summed E-state index contributed by atoms with van der Waals surface area (Å²) in [6.07, 6.45) is 7.99. The van der Waals surface area contributed by atoms with Crippen LogP contribution in [0.2, 0.25) is 5.02 Å². The number of halogens is 2. The Morgan fingerprint density at radius 1 is 1.22 bits per heavy atom. The van der Waals surface area contributed by atoms with Crippen molar-refractivity contribution in [3.8, 4) is 0 Å². The van der Waals surface area contributed by atoms with Crippen LogP contribution in [0.3, 0.4) is 0 Å². The summed E-state index contributed by atoms with van der Waals surface area (Å²) < 4.78 is 16.1. The second-order valence-electron chi connectivity index (χ2n) is 8.58. The minimum absolute atomic E-state index is 0.0299. The van der Waals surface area contributed by atoms with Crippen molar-refractivity contribution in [2.75, 3.05) is 19.6 Å². The van der Waals surface area contributed by atoms with Crippen molar-refractivity contribution in [1.29, 1.82) is 0 Å². The maximum absolute atomic E-state index is 14.3. The number of hydrogen-bond donors (Lipinski definition) is 1. The van der Waals surface area contributed by atoms with Gasteiger partial charge in [0.25, 0.3) is 0 Å². The van der Waals surface area contributed by atoms with E-state index in [1.165, 1.54) is 11.6 Å². The lowest BCUT2D eigenvalue weighted by atomic mass is 9.97. The molecule has 3 heterocycles. The number of fused-ring (bicyclic) bond motifs is 1. The summed E-state index contributed by atoms with van der Waals surface area (Å²) in [6, 6.07) is 11.0. The van der Waals surface area contributed by atoms with Crippen LogP contribution < -0.4 is 5.32 Å². The zero-order valence-electron chi connectivity index (χ0n) is 17.9. The minimum Gasteiger partial charge on any atom is -0.337 e. The van der Waals surface area contributed by atoms with E-state index < -0.39 is 0 Å². The smallest absolute Gasteiger partial charge is 0.239 e. The van der Waals surface area contributed by atoms with Gasteiger partial charge in [-0.05, 0) is 55.1 Å². The van der Waals surface area contributed by atoms with Crippen LogP contribution in [0.15, 0.2) is 48.7 Å². The highest BCUT2D eigenvalue weighted by Crippen LogP contribution is 2.27. The Kier molecular flexibility index (Phi) is 5.98. The molecule has 7 heteroatoms. The first kappa shape index (κ1) is 21.2. The number of carbonyl (C=O) groups excluding carboxylic acids is 1. The molecule has 5 rings (SSSR count). The Morgan fingerprint density at radius 3 is 2.88 bits per heavy atom. The van der Waals surface area contributed by atoms with E-state index in [4.69, 9.17) is 11.6 Å². The third kappa shape index (κ3) is 4.30. The van der Waals surface area contributed by atoms with Crippen LogP contribution in [-0.2, 0) is 11.3 Å². The van der Waals surface area contributed by atoms with Gasteiger partial charge in [-0.2, -0.15) is 5.10 Å². The predicted octanol–water partition coefficient (Wildman–Crippen LogP) is 4.63. The summed E-state index contributed by atoms with van der Waals surface area (Å²) in [7, 11) is 0. The third-order valence-corrected chi connectivity index (χ3v) is 6.72. The van der Waals surface area contributed by atoms with Crippen molar-refractivity contribution in [2.24, 2.45) is 0 Å². The molecule has 0 bridgehead atoms. The van der Waals surface area contributed by atoms with Gasteiger partial charge in [0.2, 0.25) is 5.91 Å². The highest BCUT2D eigenvalue weighted by Gasteiger charge is 2.26. The molecule has 1 aromatic heterocycles. The van der Waals surface area contributed by atoms with E-state index >= 15 is 0 Å². The van der Waals surface area contributed by atoms with Gasteiger partial charge in [0.05, 0.1) is 24.3 Å². The summed E-state index contributed by atoms with van der Waals surface area (Å²) in [4.78, 5) is 14.7. The summed E-state index contributed by atoms with van der Waals surface area (Å²) in [5, 5.41) is 9.22. The van der Waals surface area contributed by atoms with Gasteiger partial charge in [-0.3, -0.25) is 9.48 Å². The summed E-state index contributed by atoms with van der Waals surface area (Å²) in [5.74, 6) is -0.108. The van der Waals surface area contributed by atoms with Gasteiger partial charge in [0.1, 0.15) is 5.82 Å². The molecule has 32 heavy (non-hydrogen) atoms. The molecule has 1 N–H and O–H groups in total. The number of amides is 1. The number of piperidine rings is 1. The molecule has 2 aromatic carbocycles. The molecule has 0 radical (unpaired) electrons. The largest absolute Gasteiger partial charge is 0.337 e. The van der Waals surface area contributed by atoms with Crippen molar-refractivity contribution in [2.45, 2.75) is 38.3 Å². The number of nitrogens with zero attached hydrogens (tertiary/aromatic N) is 3. The first-order valence-electron chi connectivity index (χ1n) is 11.2. The fraction of sp³-hybridized carbons (Fsp3) is 0.360. The molecule has 1 saturated heterocycles. The summed E-state index contributed by atoms with van der Waals surface area (Å²) in [5.41, 5.74) is 3.87. The average molecular weight is 453 g/mol. The van der Waals surface area contributed by atoms with Crippen molar-refractivity contribution in [3.05, 3.63) is 70.6 Å².